The van der Waals surface area contributed by atoms with Crippen LogP contribution in [0.5, 0.6) is 0 Å². The van der Waals surface area contributed by atoms with Gasteiger partial charge in [0.15, 0.2) is 0 Å². The second kappa shape index (κ2) is 12.8. The molecule has 2 aliphatic heterocycles. The number of hydrogen-bond donors (Lipinski definition) is 3. The third kappa shape index (κ3) is 5.54. The molecule has 0 bridgehead atoms. The highest BCUT2D eigenvalue weighted by Gasteiger charge is 2.67. The second-order valence-electron chi connectivity index (χ2n) is 14.7. The van der Waals surface area contributed by atoms with Crippen molar-refractivity contribution in [2.45, 2.75) is 93.8 Å². The lowest BCUT2D eigenvalue weighted by molar-refractivity contribution is -0.308. The Bertz CT molecular complexity index is 1910. The molecule has 0 aromatic heterocycles. The fourth-order valence-corrected chi connectivity index (χ4v) is 10.4. The summed E-state index contributed by atoms with van der Waals surface area (Å²) in [5.41, 5.74) is 6.22. The van der Waals surface area contributed by atoms with Gasteiger partial charge in [-0.1, -0.05) is 79.2 Å². The van der Waals surface area contributed by atoms with Gasteiger partial charge in [0.25, 0.3) is 10.1 Å². The number of aliphatic hydroxyl groups excluding tert-OH is 1. The molecule has 0 saturated heterocycles. The molecule has 4 aromatic rings. The van der Waals surface area contributed by atoms with E-state index in [1.807, 2.05) is 60.7 Å². The highest BCUT2D eigenvalue weighted by Crippen LogP contribution is 2.54. The Kier molecular flexibility index (Phi) is 8.55. The maximum Gasteiger partial charge on any atom is 0.267 e. The van der Waals surface area contributed by atoms with Crippen LogP contribution in [0.2, 0.25) is 0 Å². The van der Waals surface area contributed by atoms with Crippen molar-refractivity contribution in [1.29, 1.82) is 0 Å². The molecule has 6 unspecified atom stereocenters. The van der Waals surface area contributed by atoms with Crippen LogP contribution < -0.4 is 9.80 Å². The molecule has 50 heavy (non-hydrogen) atoms. The molecular formula is C41H46N2O6S. The van der Waals surface area contributed by atoms with Crippen LogP contribution in [0.3, 0.4) is 0 Å². The third-order valence-corrected chi connectivity index (χ3v) is 12.4. The molecule has 0 radical (unpaired) electrons. The highest BCUT2D eigenvalue weighted by atomic mass is 32.2. The van der Waals surface area contributed by atoms with Gasteiger partial charge in [-0.3, -0.25) is 0 Å². The van der Waals surface area contributed by atoms with Crippen molar-refractivity contribution in [2.75, 3.05) is 16.1 Å². The Morgan fingerprint density at radius 3 is 1.54 bits per heavy atom. The normalized spacial score (nSPS) is 29.5. The summed E-state index contributed by atoms with van der Waals surface area (Å²) in [7, 11) is -4.23. The van der Waals surface area contributed by atoms with Crippen LogP contribution in [0.4, 0.5) is 22.7 Å². The quantitative estimate of drug-likeness (QED) is 0.164. The van der Waals surface area contributed by atoms with Gasteiger partial charge in [0.1, 0.15) is 5.60 Å². The summed E-state index contributed by atoms with van der Waals surface area (Å²) in [5, 5.41) is 39.0. The number of hydrogen-bond acceptors (Lipinski definition) is 8. The van der Waals surface area contributed by atoms with Crippen molar-refractivity contribution in [2.24, 2.45) is 5.92 Å². The number of benzene rings is 4. The minimum Gasteiger partial charge on any atom is -0.391 e. The molecule has 4 aliphatic rings. The molecule has 2 heterocycles. The van der Waals surface area contributed by atoms with Crippen LogP contribution in [0.25, 0.3) is 0 Å². The molecule has 0 amide bonds. The van der Waals surface area contributed by atoms with Gasteiger partial charge in [-0.05, 0) is 97.9 Å². The molecule has 4 aromatic carbocycles. The maximum absolute atomic E-state index is 13.6. The van der Waals surface area contributed by atoms with Gasteiger partial charge in [0, 0.05) is 35.1 Å². The standard InChI is InChI=1S/C41H46N2O6S/c1-50(47,48)49-40(45)27-11-22-38(43-35-19-8-4-14-30(35)25-26-31-15-5-9-20-36(31)43)41(40,46)32-16-10-21-37(39(32)44)42-33-17-6-2-12-28(33)23-24-29-13-3-7-18-34(29)42/h2-9,12-15,17-20,32,37-39,44-46H,10-11,16,21-27H2,1H3. The van der Waals surface area contributed by atoms with E-state index in [4.69, 9.17) is 4.18 Å². The van der Waals surface area contributed by atoms with Gasteiger partial charge < -0.3 is 25.1 Å². The number of fused-ring (bicyclic) bond motifs is 4. The van der Waals surface area contributed by atoms with E-state index in [2.05, 4.69) is 46.2 Å². The Morgan fingerprint density at radius 2 is 1.08 bits per heavy atom. The van der Waals surface area contributed by atoms with Crippen LogP contribution in [0, 0.1) is 5.92 Å². The predicted octanol–water partition coefficient (Wildman–Crippen LogP) is 6.34. The highest BCUT2D eigenvalue weighted by molar-refractivity contribution is 7.86. The van der Waals surface area contributed by atoms with E-state index in [1.165, 1.54) is 11.1 Å². The van der Waals surface area contributed by atoms with Gasteiger partial charge >= 0.3 is 0 Å². The number of aryl methyl sites for hydroxylation is 4. The Labute approximate surface area is 295 Å². The fraction of sp³-hybridized carbons (Fsp3) is 0.415. The predicted molar refractivity (Wildman–Crippen MR) is 195 cm³/mol. The van der Waals surface area contributed by atoms with Gasteiger partial charge in [0.05, 0.1) is 24.4 Å². The smallest absolute Gasteiger partial charge is 0.267 e. The zero-order valence-corrected chi connectivity index (χ0v) is 29.3. The summed E-state index contributed by atoms with van der Waals surface area (Å²) in [4.78, 5) is 4.35. The Morgan fingerprint density at radius 1 is 0.640 bits per heavy atom. The van der Waals surface area contributed by atoms with Crippen molar-refractivity contribution in [3.8, 4) is 0 Å². The van der Waals surface area contributed by atoms with E-state index in [9.17, 15) is 23.7 Å². The molecule has 2 fully saturated rings. The molecule has 9 heteroatoms. The summed E-state index contributed by atoms with van der Waals surface area (Å²) in [5.74, 6) is -3.41. The molecule has 0 spiro atoms. The number of rotatable bonds is 5. The largest absolute Gasteiger partial charge is 0.391 e. The van der Waals surface area contributed by atoms with Crippen LogP contribution in [-0.4, -0.2) is 59.6 Å². The van der Waals surface area contributed by atoms with Crippen LogP contribution in [0.15, 0.2) is 97.1 Å². The molecule has 2 saturated carbocycles. The third-order valence-electron chi connectivity index (χ3n) is 11.8. The summed E-state index contributed by atoms with van der Waals surface area (Å²) in [6.07, 6.45) is 5.55. The minimum absolute atomic E-state index is 0.0898. The zero-order valence-electron chi connectivity index (χ0n) is 28.5. The van der Waals surface area contributed by atoms with Crippen molar-refractivity contribution in [1.82, 2.24) is 0 Å². The first-order chi connectivity index (χ1) is 24.1. The maximum atomic E-state index is 13.6. The van der Waals surface area contributed by atoms with E-state index in [0.29, 0.717) is 32.1 Å². The first-order valence-corrected chi connectivity index (χ1v) is 19.8. The Hall–Kier alpha value is -3.73. The number of para-hydroxylation sites is 4. The second-order valence-corrected chi connectivity index (χ2v) is 16.2. The lowest BCUT2D eigenvalue weighted by Crippen LogP contribution is -2.74. The van der Waals surface area contributed by atoms with Crippen molar-refractivity contribution < 1.29 is 27.9 Å². The summed E-state index contributed by atoms with van der Waals surface area (Å²) >= 11 is 0. The molecular weight excluding hydrogens is 649 g/mol. The first-order valence-electron chi connectivity index (χ1n) is 18.0. The average molecular weight is 695 g/mol. The van der Waals surface area contributed by atoms with Crippen molar-refractivity contribution in [3.63, 3.8) is 0 Å². The molecule has 8 rings (SSSR count). The van der Waals surface area contributed by atoms with E-state index >= 15 is 0 Å². The summed E-state index contributed by atoms with van der Waals surface area (Å²) < 4.78 is 31.5. The summed E-state index contributed by atoms with van der Waals surface area (Å²) in [6.45, 7) is 0. The van der Waals surface area contributed by atoms with Crippen LogP contribution >= 0.6 is 0 Å². The SMILES string of the molecule is CS(=O)(=O)OC1(O)CCCC(N2c3ccccc3CCc3ccccc32)C1(O)C1CCCC(N2c3ccccc3CCc3ccccc32)C1O. The first kappa shape index (κ1) is 33.4. The van der Waals surface area contributed by atoms with E-state index in [1.54, 1.807) is 0 Å². The van der Waals surface area contributed by atoms with Crippen LogP contribution in [-0.2, 0) is 40.0 Å². The summed E-state index contributed by atoms with van der Waals surface area (Å²) in [6, 6.07) is 31.5. The number of anilines is 4. The minimum atomic E-state index is -4.23. The molecule has 2 aliphatic carbocycles. The average Bonchev–Trinajstić information content (AvgIpc) is 3.37. The van der Waals surface area contributed by atoms with Gasteiger partial charge in [-0.25, -0.2) is 4.18 Å². The van der Waals surface area contributed by atoms with E-state index in [0.717, 1.165) is 65.8 Å². The zero-order chi connectivity index (χ0) is 34.7. The van der Waals surface area contributed by atoms with Gasteiger partial charge in [-0.15, -0.1) is 0 Å². The number of nitrogens with zero attached hydrogens (tertiary/aromatic N) is 2. The number of aliphatic hydroxyl groups is 3. The van der Waals surface area contributed by atoms with Crippen LogP contribution in [0.1, 0.15) is 60.8 Å². The van der Waals surface area contributed by atoms with Crippen molar-refractivity contribution >= 4 is 32.9 Å². The topological polar surface area (TPSA) is 111 Å². The monoisotopic (exact) mass is 694 g/mol. The molecule has 8 nitrogen and oxygen atoms in total. The lowest BCUT2D eigenvalue weighted by Gasteiger charge is -2.59. The molecule has 262 valence electrons. The van der Waals surface area contributed by atoms with E-state index in [-0.39, 0.29) is 6.42 Å². The fourth-order valence-electron chi connectivity index (χ4n) is 9.68. The lowest BCUT2D eigenvalue weighted by atomic mass is 9.61. The molecule has 6 atom stereocenters. The Balaban J connectivity index is 1.30. The molecule has 3 N–H and O–H groups in total. The van der Waals surface area contributed by atoms with Gasteiger partial charge in [-0.2, -0.15) is 8.42 Å². The van der Waals surface area contributed by atoms with Gasteiger partial charge in [0.2, 0.25) is 5.79 Å². The van der Waals surface area contributed by atoms with Crippen molar-refractivity contribution in [3.05, 3.63) is 119 Å². The van der Waals surface area contributed by atoms with E-state index < -0.39 is 45.6 Å².